The lowest BCUT2D eigenvalue weighted by Crippen LogP contribution is -2.47. The van der Waals surface area contributed by atoms with Crippen LogP contribution in [0.15, 0.2) is 18.2 Å². The van der Waals surface area contributed by atoms with Gasteiger partial charge in [-0.05, 0) is 18.1 Å². The van der Waals surface area contributed by atoms with E-state index in [1.54, 1.807) is 0 Å². The summed E-state index contributed by atoms with van der Waals surface area (Å²) in [6, 6.07) is 2.54. The number of benzene rings is 1. The number of phenols is 1. The van der Waals surface area contributed by atoms with Gasteiger partial charge in [-0.2, -0.15) is 0 Å². The highest BCUT2D eigenvalue weighted by Crippen LogP contribution is 2.36. The van der Waals surface area contributed by atoms with Gasteiger partial charge in [0.15, 0.2) is 0 Å². The number of aromatic hydroxyl groups is 1. The predicted octanol–water partition coefficient (Wildman–Crippen LogP) is 2.16. The summed E-state index contributed by atoms with van der Waals surface area (Å²) in [5.41, 5.74) is -0.475. The van der Waals surface area contributed by atoms with Crippen LogP contribution in [0.3, 0.4) is 0 Å². The standard InChI is InChI=1S/C14H16FNO4S/c1-7(2)13-16(9(6-21-13)14(19)20)12(18)11-8(15)4-3-5-10(11)17/h3-5,7,9,13,17H,6H2,1-2H3,(H,19,20). The molecule has 0 radical (unpaired) electrons. The van der Waals surface area contributed by atoms with Crippen molar-refractivity contribution in [1.82, 2.24) is 4.90 Å². The molecule has 0 bridgehead atoms. The highest BCUT2D eigenvalue weighted by Gasteiger charge is 2.44. The number of rotatable bonds is 3. The van der Waals surface area contributed by atoms with Gasteiger partial charge in [0, 0.05) is 5.75 Å². The van der Waals surface area contributed by atoms with Crippen LogP contribution in [0.5, 0.6) is 5.75 Å². The molecule has 2 rings (SSSR count). The first-order valence-electron chi connectivity index (χ1n) is 6.49. The van der Waals surface area contributed by atoms with E-state index in [9.17, 15) is 24.2 Å². The summed E-state index contributed by atoms with van der Waals surface area (Å²) in [5.74, 6) is -3.00. The summed E-state index contributed by atoms with van der Waals surface area (Å²) in [4.78, 5) is 25.1. The number of carboxylic acids is 1. The molecule has 1 aliphatic rings. The van der Waals surface area contributed by atoms with Crippen LogP contribution in [0.1, 0.15) is 24.2 Å². The first-order chi connectivity index (χ1) is 9.84. The predicted molar refractivity (Wildman–Crippen MR) is 76.7 cm³/mol. The van der Waals surface area contributed by atoms with E-state index in [1.807, 2.05) is 13.8 Å². The van der Waals surface area contributed by atoms with Gasteiger partial charge in [-0.15, -0.1) is 11.8 Å². The third-order valence-corrected chi connectivity index (χ3v) is 4.95. The number of thioether (sulfide) groups is 1. The minimum absolute atomic E-state index is 0.0113. The summed E-state index contributed by atoms with van der Waals surface area (Å²) in [7, 11) is 0. The first-order valence-corrected chi connectivity index (χ1v) is 7.54. The highest BCUT2D eigenvalue weighted by molar-refractivity contribution is 8.00. The van der Waals surface area contributed by atoms with E-state index in [2.05, 4.69) is 0 Å². The van der Waals surface area contributed by atoms with Crippen molar-refractivity contribution in [3.63, 3.8) is 0 Å². The van der Waals surface area contributed by atoms with E-state index in [1.165, 1.54) is 23.9 Å². The number of nitrogens with zero attached hydrogens (tertiary/aromatic N) is 1. The molecule has 2 atom stereocenters. The smallest absolute Gasteiger partial charge is 0.327 e. The van der Waals surface area contributed by atoms with Crippen molar-refractivity contribution in [1.29, 1.82) is 0 Å². The van der Waals surface area contributed by atoms with Crippen LogP contribution in [0.4, 0.5) is 4.39 Å². The lowest BCUT2D eigenvalue weighted by atomic mass is 10.1. The summed E-state index contributed by atoms with van der Waals surface area (Å²) in [5, 5.41) is 18.6. The molecular formula is C14H16FNO4S. The molecule has 114 valence electrons. The van der Waals surface area contributed by atoms with Crippen molar-refractivity contribution in [2.24, 2.45) is 5.92 Å². The van der Waals surface area contributed by atoms with Crippen LogP contribution in [-0.2, 0) is 4.79 Å². The quantitative estimate of drug-likeness (QED) is 0.894. The number of carboxylic acid groups (broad SMARTS) is 1. The number of phenolic OH excluding ortho intramolecular Hbond substituents is 1. The van der Waals surface area contributed by atoms with Crippen molar-refractivity contribution < 1.29 is 24.2 Å². The third kappa shape index (κ3) is 2.83. The number of carbonyl (C=O) groups excluding carboxylic acids is 1. The maximum atomic E-state index is 13.8. The Labute approximate surface area is 125 Å². The number of aliphatic carboxylic acids is 1. The topological polar surface area (TPSA) is 77.8 Å². The van der Waals surface area contributed by atoms with Crippen molar-refractivity contribution in [3.8, 4) is 5.75 Å². The van der Waals surface area contributed by atoms with Crippen LogP contribution < -0.4 is 0 Å². The van der Waals surface area contributed by atoms with Gasteiger partial charge in [0.05, 0.1) is 5.37 Å². The maximum absolute atomic E-state index is 13.8. The fraction of sp³-hybridized carbons (Fsp3) is 0.429. The molecule has 2 N–H and O–H groups in total. The van der Waals surface area contributed by atoms with Crippen LogP contribution in [0.25, 0.3) is 0 Å². The van der Waals surface area contributed by atoms with Crippen LogP contribution in [-0.4, -0.2) is 44.2 Å². The Balaban J connectivity index is 2.44. The van der Waals surface area contributed by atoms with Crippen molar-refractivity contribution >= 4 is 23.6 Å². The fourth-order valence-electron chi connectivity index (χ4n) is 2.34. The highest BCUT2D eigenvalue weighted by atomic mass is 32.2. The van der Waals surface area contributed by atoms with Gasteiger partial charge in [-0.3, -0.25) is 4.79 Å². The Morgan fingerprint density at radius 1 is 1.43 bits per heavy atom. The molecule has 1 fully saturated rings. The molecule has 1 amide bonds. The van der Waals surface area contributed by atoms with Crippen molar-refractivity contribution in [2.45, 2.75) is 25.3 Å². The molecule has 1 heterocycles. The van der Waals surface area contributed by atoms with E-state index >= 15 is 0 Å². The van der Waals surface area contributed by atoms with Gasteiger partial charge >= 0.3 is 5.97 Å². The van der Waals surface area contributed by atoms with E-state index in [4.69, 9.17) is 0 Å². The Bertz CT molecular complexity index is 558. The van der Waals surface area contributed by atoms with Crippen molar-refractivity contribution in [3.05, 3.63) is 29.6 Å². The minimum atomic E-state index is -1.13. The van der Waals surface area contributed by atoms with Crippen LogP contribution >= 0.6 is 11.8 Å². The Hall–Kier alpha value is -1.76. The molecular weight excluding hydrogens is 297 g/mol. The van der Waals surface area contributed by atoms with Gasteiger partial charge in [-0.1, -0.05) is 19.9 Å². The number of carbonyl (C=O) groups is 2. The normalized spacial score (nSPS) is 21.8. The summed E-state index contributed by atoms with van der Waals surface area (Å²) in [6.07, 6.45) is 0. The van der Waals surface area contributed by atoms with E-state index in [0.717, 1.165) is 11.0 Å². The van der Waals surface area contributed by atoms with Crippen molar-refractivity contribution in [2.75, 3.05) is 5.75 Å². The molecule has 21 heavy (non-hydrogen) atoms. The second-order valence-electron chi connectivity index (χ2n) is 5.17. The average Bonchev–Trinajstić information content (AvgIpc) is 2.83. The van der Waals surface area contributed by atoms with Gasteiger partial charge in [0.2, 0.25) is 0 Å². The van der Waals surface area contributed by atoms with Gasteiger partial charge in [0.1, 0.15) is 23.2 Å². The van der Waals surface area contributed by atoms with Gasteiger partial charge < -0.3 is 15.1 Å². The second-order valence-corrected chi connectivity index (χ2v) is 6.32. The van der Waals surface area contributed by atoms with Crippen LogP contribution in [0.2, 0.25) is 0 Å². The van der Waals surface area contributed by atoms with E-state index in [-0.39, 0.29) is 17.0 Å². The molecule has 1 aromatic carbocycles. The molecule has 7 heteroatoms. The lowest BCUT2D eigenvalue weighted by molar-refractivity contribution is -0.141. The van der Waals surface area contributed by atoms with E-state index < -0.39 is 35.0 Å². The zero-order valence-corrected chi connectivity index (χ0v) is 12.4. The van der Waals surface area contributed by atoms with E-state index in [0.29, 0.717) is 0 Å². The molecule has 1 aliphatic heterocycles. The van der Waals surface area contributed by atoms with Crippen LogP contribution in [0, 0.1) is 11.7 Å². The fourth-order valence-corrected chi connectivity index (χ4v) is 3.81. The first kappa shape index (κ1) is 15.6. The molecule has 1 aromatic rings. The minimum Gasteiger partial charge on any atom is -0.507 e. The Kier molecular flexibility index (Phi) is 4.41. The maximum Gasteiger partial charge on any atom is 0.327 e. The largest absolute Gasteiger partial charge is 0.507 e. The Morgan fingerprint density at radius 2 is 2.10 bits per heavy atom. The molecule has 2 unspecified atom stereocenters. The van der Waals surface area contributed by atoms with Gasteiger partial charge in [-0.25, -0.2) is 9.18 Å². The summed E-state index contributed by atoms with van der Waals surface area (Å²) < 4.78 is 13.8. The number of hydrogen-bond acceptors (Lipinski definition) is 4. The lowest BCUT2D eigenvalue weighted by Gasteiger charge is -2.30. The zero-order valence-electron chi connectivity index (χ0n) is 11.6. The molecule has 5 nitrogen and oxygen atoms in total. The zero-order chi connectivity index (χ0) is 15.7. The molecule has 0 aliphatic carbocycles. The number of halogens is 1. The second kappa shape index (κ2) is 5.93. The Morgan fingerprint density at radius 3 is 2.62 bits per heavy atom. The number of hydrogen-bond donors (Lipinski definition) is 2. The average molecular weight is 313 g/mol. The molecule has 0 saturated carbocycles. The monoisotopic (exact) mass is 313 g/mol. The summed E-state index contributed by atoms with van der Waals surface area (Å²) in [6.45, 7) is 3.73. The third-order valence-electron chi connectivity index (χ3n) is 3.33. The summed E-state index contributed by atoms with van der Waals surface area (Å²) >= 11 is 1.35. The SMILES string of the molecule is CC(C)C1SCC(C(=O)O)N1C(=O)c1c(O)cccc1F. The molecule has 0 aromatic heterocycles. The van der Waals surface area contributed by atoms with Gasteiger partial charge in [0.25, 0.3) is 5.91 Å². The number of amides is 1. The molecule has 1 saturated heterocycles. The molecule has 0 spiro atoms.